The molecule has 1 N–H and O–H groups in total. The number of alkyl halides is 1. The van der Waals surface area contributed by atoms with E-state index in [1.807, 2.05) is 13.8 Å². The average Bonchev–Trinajstić information content (AvgIpc) is 2.16. The molecular weight excluding hydrogens is 228 g/mol. The van der Waals surface area contributed by atoms with Gasteiger partial charge in [-0.15, -0.1) is 11.6 Å². The number of carbonyl (C=O) groups is 1. The fraction of sp³-hybridized carbons (Fsp3) is 0.417. The minimum absolute atomic E-state index is 0.0168. The Morgan fingerprint density at radius 2 is 1.94 bits per heavy atom. The van der Waals surface area contributed by atoms with Crippen molar-refractivity contribution < 1.29 is 14.6 Å². The summed E-state index contributed by atoms with van der Waals surface area (Å²) in [5.74, 6) is -0.274. The van der Waals surface area contributed by atoms with Crippen molar-refractivity contribution in [1.82, 2.24) is 0 Å². The first-order chi connectivity index (χ1) is 7.49. The van der Waals surface area contributed by atoms with Crippen LogP contribution in [0.25, 0.3) is 0 Å². The second-order valence-electron chi connectivity index (χ2n) is 3.77. The Kier molecular flexibility index (Phi) is 4.62. The van der Waals surface area contributed by atoms with Gasteiger partial charge in [0.2, 0.25) is 0 Å². The quantitative estimate of drug-likeness (QED) is 0.807. The Bertz CT molecular complexity index is 346. The Morgan fingerprint density at radius 3 is 2.38 bits per heavy atom. The molecule has 0 amide bonds. The van der Waals surface area contributed by atoms with E-state index in [9.17, 15) is 4.79 Å². The maximum Gasteiger partial charge on any atom is 0.335 e. The zero-order chi connectivity index (χ0) is 12.1. The number of hydrogen-bond donors (Lipinski definition) is 1. The fourth-order valence-corrected chi connectivity index (χ4v) is 1.66. The number of carboxylic acid groups (broad SMARTS) is 1. The molecule has 2 atom stereocenters. The van der Waals surface area contributed by atoms with Crippen LogP contribution in [-0.4, -0.2) is 22.6 Å². The van der Waals surface area contributed by atoms with Crippen LogP contribution in [0.2, 0.25) is 0 Å². The smallest absolute Gasteiger partial charge is 0.335 e. The minimum Gasteiger partial charge on any atom is -0.491 e. The van der Waals surface area contributed by atoms with Crippen molar-refractivity contribution in [1.29, 1.82) is 0 Å². The van der Waals surface area contributed by atoms with Crippen LogP contribution < -0.4 is 4.74 Å². The van der Waals surface area contributed by atoms with Crippen LogP contribution in [-0.2, 0) is 0 Å². The van der Waals surface area contributed by atoms with Crippen LogP contribution >= 0.6 is 11.6 Å². The lowest BCUT2D eigenvalue weighted by Gasteiger charge is -2.15. The summed E-state index contributed by atoms with van der Waals surface area (Å²) in [5.41, 5.74) is 0.255. The summed E-state index contributed by atoms with van der Waals surface area (Å²) in [7, 11) is 0. The number of carboxylic acids is 1. The largest absolute Gasteiger partial charge is 0.491 e. The van der Waals surface area contributed by atoms with Crippen LogP contribution in [0.4, 0.5) is 0 Å². The normalized spacial score (nSPS) is 14.2. The topological polar surface area (TPSA) is 46.5 Å². The van der Waals surface area contributed by atoms with Gasteiger partial charge in [0, 0.05) is 11.8 Å². The molecule has 1 aromatic rings. The second kappa shape index (κ2) is 5.75. The van der Waals surface area contributed by atoms with E-state index in [0.29, 0.717) is 5.75 Å². The van der Waals surface area contributed by atoms with Gasteiger partial charge < -0.3 is 9.84 Å². The monoisotopic (exact) mass is 242 g/mol. The third-order valence-electron chi connectivity index (χ3n) is 2.10. The number of aromatic carboxylic acids is 1. The summed E-state index contributed by atoms with van der Waals surface area (Å²) >= 11 is 5.85. The standard InChI is InChI=1S/C12H15ClO3/c1-8(13)7-9(2)16-11-5-3-10(4-6-11)12(14)15/h3-6,8-9H,7H2,1-2H3,(H,14,15)/t8-,9-/m0/s1. The molecule has 0 saturated carbocycles. The van der Waals surface area contributed by atoms with Gasteiger partial charge in [0.15, 0.2) is 0 Å². The van der Waals surface area contributed by atoms with E-state index in [2.05, 4.69) is 0 Å². The highest BCUT2D eigenvalue weighted by molar-refractivity contribution is 6.20. The Hall–Kier alpha value is -1.22. The molecular formula is C12H15ClO3. The lowest BCUT2D eigenvalue weighted by Crippen LogP contribution is -2.15. The molecule has 0 aromatic heterocycles. The molecule has 0 aliphatic heterocycles. The summed E-state index contributed by atoms with van der Waals surface area (Å²) in [6.45, 7) is 3.85. The molecule has 0 aliphatic rings. The van der Waals surface area contributed by atoms with E-state index in [4.69, 9.17) is 21.4 Å². The van der Waals surface area contributed by atoms with Gasteiger partial charge in [-0.25, -0.2) is 4.79 Å². The Labute approximate surface area is 100.0 Å². The number of rotatable bonds is 5. The maximum absolute atomic E-state index is 10.6. The lowest BCUT2D eigenvalue weighted by molar-refractivity contribution is 0.0697. The molecule has 0 aliphatic carbocycles. The molecule has 0 saturated heterocycles. The van der Waals surface area contributed by atoms with Gasteiger partial charge in [-0.2, -0.15) is 0 Å². The SMILES string of the molecule is C[C@H](Cl)C[C@H](C)Oc1ccc(C(=O)O)cc1. The van der Waals surface area contributed by atoms with Crippen molar-refractivity contribution in [3.8, 4) is 5.75 Å². The second-order valence-corrected chi connectivity index (χ2v) is 4.52. The van der Waals surface area contributed by atoms with E-state index >= 15 is 0 Å². The highest BCUT2D eigenvalue weighted by Crippen LogP contribution is 2.16. The summed E-state index contributed by atoms with van der Waals surface area (Å²) < 4.78 is 5.58. The summed E-state index contributed by atoms with van der Waals surface area (Å²) in [6.07, 6.45) is 0.769. The van der Waals surface area contributed by atoms with E-state index in [1.165, 1.54) is 12.1 Å². The van der Waals surface area contributed by atoms with Gasteiger partial charge in [-0.05, 0) is 38.1 Å². The van der Waals surface area contributed by atoms with E-state index in [1.54, 1.807) is 12.1 Å². The summed E-state index contributed by atoms with van der Waals surface area (Å²) in [4.78, 5) is 10.6. The predicted molar refractivity (Wildman–Crippen MR) is 63.4 cm³/mol. The summed E-state index contributed by atoms with van der Waals surface area (Å²) in [5, 5.41) is 8.78. The zero-order valence-corrected chi connectivity index (χ0v) is 10.1. The van der Waals surface area contributed by atoms with Crippen LogP contribution in [0.1, 0.15) is 30.6 Å². The van der Waals surface area contributed by atoms with E-state index < -0.39 is 5.97 Å². The highest BCUT2D eigenvalue weighted by atomic mass is 35.5. The minimum atomic E-state index is -0.936. The van der Waals surface area contributed by atoms with Crippen molar-refractivity contribution in [2.45, 2.75) is 31.7 Å². The van der Waals surface area contributed by atoms with E-state index in [-0.39, 0.29) is 17.0 Å². The molecule has 0 spiro atoms. The van der Waals surface area contributed by atoms with Gasteiger partial charge in [0.25, 0.3) is 0 Å². The molecule has 4 heteroatoms. The van der Waals surface area contributed by atoms with Crippen LogP contribution in [0, 0.1) is 0 Å². The summed E-state index contributed by atoms with van der Waals surface area (Å²) in [6, 6.07) is 6.35. The third kappa shape index (κ3) is 4.11. The van der Waals surface area contributed by atoms with Gasteiger partial charge in [0.1, 0.15) is 5.75 Å². The molecule has 3 nitrogen and oxygen atoms in total. The molecule has 1 rings (SSSR count). The van der Waals surface area contributed by atoms with Crippen molar-refractivity contribution in [3.05, 3.63) is 29.8 Å². The van der Waals surface area contributed by atoms with Crippen molar-refractivity contribution in [2.24, 2.45) is 0 Å². The number of benzene rings is 1. The highest BCUT2D eigenvalue weighted by Gasteiger charge is 2.08. The molecule has 0 bridgehead atoms. The van der Waals surface area contributed by atoms with Gasteiger partial charge in [-0.1, -0.05) is 0 Å². The molecule has 88 valence electrons. The molecule has 1 aromatic carbocycles. The number of halogens is 1. The third-order valence-corrected chi connectivity index (χ3v) is 2.27. The fourth-order valence-electron chi connectivity index (χ4n) is 1.41. The average molecular weight is 243 g/mol. The van der Waals surface area contributed by atoms with Gasteiger partial charge >= 0.3 is 5.97 Å². The first-order valence-electron chi connectivity index (χ1n) is 5.13. The van der Waals surface area contributed by atoms with Crippen LogP contribution in [0.15, 0.2) is 24.3 Å². The first-order valence-corrected chi connectivity index (χ1v) is 5.56. The zero-order valence-electron chi connectivity index (χ0n) is 9.31. The number of hydrogen-bond acceptors (Lipinski definition) is 2. The first kappa shape index (κ1) is 12.8. The lowest BCUT2D eigenvalue weighted by atomic mass is 10.2. The Morgan fingerprint density at radius 1 is 1.38 bits per heavy atom. The maximum atomic E-state index is 10.6. The molecule has 0 heterocycles. The van der Waals surface area contributed by atoms with Gasteiger partial charge in [-0.3, -0.25) is 0 Å². The molecule has 0 radical (unpaired) electrons. The van der Waals surface area contributed by atoms with Crippen molar-refractivity contribution in [2.75, 3.05) is 0 Å². The molecule has 16 heavy (non-hydrogen) atoms. The molecule has 0 fully saturated rings. The van der Waals surface area contributed by atoms with Gasteiger partial charge in [0.05, 0.1) is 11.7 Å². The number of ether oxygens (including phenoxy) is 1. The molecule has 0 unspecified atom stereocenters. The van der Waals surface area contributed by atoms with E-state index in [0.717, 1.165) is 6.42 Å². The Balaban J connectivity index is 2.58. The van der Waals surface area contributed by atoms with Crippen LogP contribution in [0.5, 0.6) is 5.75 Å². The predicted octanol–water partition coefficient (Wildman–Crippen LogP) is 3.17. The van der Waals surface area contributed by atoms with Crippen molar-refractivity contribution in [3.63, 3.8) is 0 Å². The van der Waals surface area contributed by atoms with Crippen molar-refractivity contribution >= 4 is 17.6 Å². The van der Waals surface area contributed by atoms with Crippen LogP contribution in [0.3, 0.4) is 0 Å².